The first-order valence-electron chi connectivity index (χ1n) is 11.5. The van der Waals surface area contributed by atoms with Gasteiger partial charge in [0.15, 0.2) is 11.6 Å². The monoisotopic (exact) mass is 446 g/mol. The zero-order valence-corrected chi connectivity index (χ0v) is 19.1. The highest BCUT2D eigenvalue weighted by molar-refractivity contribution is 6.07. The van der Waals surface area contributed by atoms with E-state index in [0.29, 0.717) is 6.54 Å². The van der Waals surface area contributed by atoms with Gasteiger partial charge >= 0.3 is 0 Å². The number of fused-ring (bicyclic) bond motifs is 2. The molecule has 2 aliphatic heterocycles. The molecule has 0 aliphatic carbocycles. The molecule has 3 nitrogen and oxygen atoms in total. The molecular formula is C28H28F2N2O. The van der Waals surface area contributed by atoms with Gasteiger partial charge in [0, 0.05) is 29.8 Å². The standard InChI is InChI=1S/C28H28F2N2O/c1-19-3-6-21(7-4-19)17-31-13-11-28(12-14-31)18-32(26-10-5-20(2)15-23(26)28)27(33)22-8-9-24(29)25(30)16-22/h3-10,15-16H,11-14,17-18H2,1-2H3. The van der Waals surface area contributed by atoms with E-state index >= 15 is 0 Å². The fourth-order valence-electron chi connectivity index (χ4n) is 5.27. The number of piperidine rings is 1. The number of aryl methyl sites for hydroxylation is 2. The summed E-state index contributed by atoms with van der Waals surface area (Å²) in [7, 11) is 0. The number of rotatable bonds is 3. The van der Waals surface area contributed by atoms with E-state index in [0.717, 1.165) is 55.9 Å². The minimum absolute atomic E-state index is 0.112. The highest BCUT2D eigenvalue weighted by Gasteiger charge is 2.46. The highest BCUT2D eigenvalue weighted by Crippen LogP contribution is 2.48. The second kappa shape index (κ2) is 8.38. The largest absolute Gasteiger partial charge is 0.307 e. The van der Waals surface area contributed by atoms with Crippen LogP contribution in [0.2, 0.25) is 0 Å². The van der Waals surface area contributed by atoms with Crippen LogP contribution in [0.4, 0.5) is 14.5 Å². The van der Waals surface area contributed by atoms with Crippen LogP contribution in [0.5, 0.6) is 0 Å². The van der Waals surface area contributed by atoms with E-state index in [1.165, 1.54) is 22.8 Å². The third-order valence-electron chi connectivity index (χ3n) is 7.23. The maximum atomic E-state index is 13.8. The van der Waals surface area contributed by atoms with Crippen LogP contribution in [0.25, 0.3) is 0 Å². The SMILES string of the molecule is Cc1ccc(CN2CCC3(CC2)CN(C(=O)c2ccc(F)c(F)c2)c2ccc(C)cc23)cc1. The van der Waals surface area contributed by atoms with Crippen molar-refractivity contribution in [2.75, 3.05) is 24.5 Å². The number of likely N-dealkylation sites (tertiary alicyclic amines) is 1. The molecule has 3 aromatic carbocycles. The molecule has 0 N–H and O–H groups in total. The fraction of sp³-hybridized carbons (Fsp3) is 0.321. The number of carbonyl (C=O) groups is 1. The molecule has 0 atom stereocenters. The Morgan fingerprint density at radius 3 is 2.27 bits per heavy atom. The Kier molecular flexibility index (Phi) is 5.53. The number of hydrogen-bond acceptors (Lipinski definition) is 2. The molecule has 0 unspecified atom stereocenters. The average Bonchev–Trinajstić information content (AvgIpc) is 3.11. The minimum atomic E-state index is -0.997. The first kappa shape index (κ1) is 21.8. The van der Waals surface area contributed by atoms with E-state index in [2.05, 4.69) is 49.1 Å². The lowest BCUT2D eigenvalue weighted by atomic mass is 9.74. The van der Waals surface area contributed by atoms with Crippen LogP contribution < -0.4 is 4.90 Å². The molecule has 170 valence electrons. The Hall–Kier alpha value is -3.05. The van der Waals surface area contributed by atoms with Crippen LogP contribution in [0.1, 0.15) is 45.5 Å². The molecule has 1 spiro atoms. The van der Waals surface area contributed by atoms with Crippen molar-refractivity contribution in [2.45, 2.75) is 38.6 Å². The normalized spacial score (nSPS) is 17.4. The number of carbonyl (C=O) groups excluding carboxylic acids is 1. The van der Waals surface area contributed by atoms with Crippen molar-refractivity contribution < 1.29 is 13.6 Å². The summed E-state index contributed by atoms with van der Waals surface area (Å²) < 4.78 is 27.2. The molecular weight excluding hydrogens is 418 g/mol. The van der Waals surface area contributed by atoms with Crippen LogP contribution in [0.15, 0.2) is 60.7 Å². The lowest BCUT2D eigenvalue weighted by Crippen LogP contribution is -2.45. The van der Waals surface area contributed by atoms with E-state index in [1.807, 2.05) is 12.1 Å². The smallest absolute Gasteiger partial charge is 0.258 e. The predicted octanol–water partition coefficient (Wildman–Crippen LogP) is 5.78. The summed E-state index contributed by atoms with van der Waals surface area (Å²) in [6.45, 7) is 7.57. The van der Waals surface area contributed by atoms with Crippen molar-refractivity contribution >= 4 is 11.6 Å². The van der Waals surface area contributed by atoms with Gasteiger partial charge in [-0.3, -0.25) is 9.69 Å². The zero-order valence-electron chi connectivity index (χ0n) is 19.1. The van der Waals surface area contributed by atoms with E-state index in [4.69, 9.17) is 0 Å². The van der Waals surface area contributed by atoms with Crippen LogP contribution in [0.3, 0.4) is 0 Å². The molecule has 1 saturated heterocycles. The molecule has 5 heteroatoms. The third kappa shape index (κ3) is 4.06. The predicted molar refractivity (Wildman–Crippen MR) is 127 cm³/mol. The van der Waals surface area contributed by atoms with Crippen molar-refractivity contribution in [3.05, 3.63) is 100 Å². The molecule has 0 radical (unpaired) electrons. The topological polar surface area (TPSA) is 23.6 Å². The highest BCUT2D eigenvalue weighted by atomic mass is 19.2. The number of hydrogen-bond donors (Lipinski definition) is 0. The quantitative estimate of drug-likeness (QED) is 0.510. The summed E-state index contributed by atoms with van der Waals surface area (Å²) in [5.41, 5.74) is 5.90. The van der Waals surface area contributed by atoms with Gasteiger partial charge in [-0.25, -0.2) is 8.78 Å². The molecule has 33 heavy (non-hydrogen) atoms. The molecule has 1 fully saturated rings. The number of anilines is 1. The summed E-state index contributed by atoms with van der Waals surface area (Å²) >= 11 is 0. The van der Waals surface area contributed by atoms with E-state index in [-0.39, 0.29) is 16.9 Å². The second-order valence-electron chi connectivity index (χ2n) is 9.58. The van der Waals surface area contributed by atoms with Crippen molar-refractivity contribution in [3.63, 3.8) is 0 Å². The summed E-state index contributed by atoms with van der Waals surface area (Å²) in [5.74, 6) is -2.22. The molecule has 0 bridgehead atoms. The fourth-order valence-corrected chi connectivity index (χ4v) is 5.27. The number of amides is 1. The molecule has 0 saturated carbocycles. The van der Waals surface area contributed by atoms with Crippen LogP contribution in [0, 0.1) is 25.5 Å². The van der Waals surface area contributed by atoms with Gasteiger partial charge in [0.05, 0.1) is 0 Å². The maximum absolute atomic E-state index is 13.8. The zero-order chi connectivity index (χ0) is 23.2. The van der Waals surface area contributed by atoms with Gasteiger partial charge in [-0.15, -0.1) is 0 Å². The Morgan fingerprint density at radius 1 is 0.879 bits per heavy atom. The Balaban J connectivity index is 1.39. The molecule has 0 aromatic heterocycles. The van der Waals surface area contributed by atoms with Crippen molar-refractivity contribution in [3.8, 4) is 0 Å². The number of halogens is 2. The molecule has 1 amide bonds. The van der Waals surface area contributed by atoms with Gasteiger partial charge in [-0.05, 0) is 75.2 Å². The minimum Gasteiger partial charge on any atom is -0.307 e. The van der Waals surface area contributed by atoms with E-state index in [1.54, 1.807) is 4.90 Å². The lowest BCUT2D eigenvalue weighted by Gasteiger charge is -2.40. The van der Waals surface area contributed by atoms with Crippen LogP contribution >= 0.6 is 0 Å². The second-order valence-corrected chi connectivity index (χ2v) is 9.58. The van der Waals surface area contributed by atoms with Gasteiger partial charge in [0.25, 0.3) is 5.91 Å². The Bertz CT molecular complexity index is 1200. The van der Waals surface area contributed by atoms with E-state index < -0.39 is 11.6 Å². The van der Waals surface area contributed by atoms with Crippen molar-refractivity contribution in [2.24, 2.45) is 0 Å². The van der Waals surface area contributed by atoms with Gasteiger partial charge in [0.1, 0.15) is 0 Å². The molecule has 5 rings (SSSR count). The Labute approximate surface area is 193 Å². The average molecular weight is 447 g/mol. The van der Waals surface area contributed by atoms with Gasteiger partial charge in [-0.2, -0.15) is 0 Å². The Morgan fingerprint density at radius 2 is 1.58 bits per heavy atom. The number of nitrogens with zero attached hydrogens (tertiary/aromatic N) is 2. The van der Waals surface area contributed by atoms with Crippen LogP contribution in [-0.4, -0.2) is 30.4 Å². The molecule has 2 aliphatic rings. The maximum Gasteiger partial charge on any atom is 0.258 e. The van der Waals surface area contributed by atoms with Crippen LogP contribution in [-0.2, 0) is 12.0 Å². The molecule has 3 aromatic rings. The van der Waals surface area contributed by atoms with Gasteiger partial charge in [0.2, 0.25) is 0 Å². The van der Waals surface area contributed by atoms with Crippen molar-refractivity contribution in [1.82, 2.24) is 4.90 Å². The first-order chi connectivity index (χ1) is 15.8. The summed E-state index contributed by atoms with van der Waals surface area (Å²) in [6, 6.07) is 18.3. The van der Waals surface area contributed by atoms with Gasteiger partial charge in [-0.1, -0.05) is 47.5 Å². The van der Waals surface area contributed by atoms with E-state index in [9.17, 15) is 13.6 Å². The van der Waals surface area contributed by atoms with Gasteiger partial charge < -0.3 is 4.90 Å². The van der Waals surface area contributed by atoms with Crippen molar-refractivity contribution in [1.29, 1.82) is 0 Å². The first-order valence-corrected chi connectivity index (χ1v) is 11.5. The lowest BCUT2D eigenvalue weighted by molar-refractivity contribution is 0.0975. The summed E-state index contributed by atoms with van der Waals surface area (Å²) in [6.07, 6.45) is 1.91. The summed E-state index contributed by atoms with van der Waals surface area (Å²) in [5, 5.41) is 0. The summed E-state index contributed by atoms with van der Waals surface area (Å²) in [4.78, 5) is 17.6. The third-order valence-corrected chi connectivity index (χ3v) is 7.23. The molecule has 2 heterocycles. The number of benzene rings is 3.